The average molecular weight is 310 g/mol. The maximum absolute atomic E-state index is 12.0. The zero-order valence-electron chi connectivity index (χ0n) is 13.1. The Balaban J connectivity index is 1.51. The van der Waals surface area contributed by atoms with E-state index in [0.717, 1.165) is 37.3 Å². The van der Waals surface area contributed by atoms with Crippen LogP contribution >= 0.6 is 0 Å². The van der Waals surface area contributed by atoms with Crippen LogP contribution in [0.4, 0.5) is 0 Å². The molecule has 23 heavy (non-hydrogen) atoms. The second-order valence-electron chi connectivity index (χ2n) is 6.84. The Kier molecular flexibility index (Phi) is 3.79. The van der Waals surface area contributed by atoms with Crippen LogP contribution in [0.25, 0.3) is 0 Å². The summed E-state index contributed by atoms with van der Waals surface area (Å²) in [5, 5.41) is 10.5. The molecule has 3 unspecified atom stereocenters. The lowest BCUT2D eigenvalue weighted by atomic mass is 9.83. The van der Waals surface area contributed by atoms with Gasteiger partial charge in [0.25, 0.3) is 5.56 Å². The van der Waals surface area contributed by atoms with Gasteiger partial charge in [0.05, 0.1) is 6.10 Å². The first-order valence-electron chi connectivity index (χ1n) is 8.36. The van der Waals surface area contributed by atoms with Crippen molar-refractivity contribution in [1.82, 2.24) is 9.47 Å². The van der Waals surface area contributed by atoms with Gasteiger partial charge < -0.3 is 9.67 Å². The van der Waals surface area contributed by atoms with Crippen molar-refractivity contribution in [3.05, 3.63) is 70.1 Å². The van der Waals surface area contributed by atoms with E-state index >= 15 is 0 Å². The molecule has 2 aliphatic heterocycles. The molecule has 120 valence electrons. The molecular weight excluding hydrogens is 288 g/mol. The van der Waals surface area contributed by atoms with Gasteiger partial charge in [0.1, 0.15) is 0 Å². The van der Waals surface area contributed by atoms with Crippen molar-refractivity contribution < 1.29 is 5.11 Å². The number of piperidine rings is 1. The molecule has 0 spiro atoms. The van der Waals surface area contributed by atoms with E-state index in [9.17, 15) is 9.90 Å². The van der Waals surface area contributed by atoms with E-state index in [2.05, 4.69) is 11.0 Å². The minimum Gasteiger partial charge on any atom is -0.387 e. The minimum atomic E-state index is -0.451. The summed E-state index contributed by atoms with van der Waals surface area (Å²) in [5.41, 5.74) is 2.25. The molecule has 0 saturated carbocycles. The number of fused-ring (bicyclic) bond motifs is 4. The lowest BCUT2D eigenvalue weighted by Crippen LogP contribution is -2.48. The number of aliphatic hydroxyl groups is 1. The average Bonchev–Trinajstić information content (AvgIpc) is 2.57. The molecule has 1 N–H and O–H groups in total. The number of likely N-dealkylation sites (tertiary alicyclic amines) is 1. The molecule has 4 nitrogen and oxygen atoms in total. The summed E-state index contributed by atoms with van der Waals surface area (Å²) in [6.07, 6.45) is 0.703. The molecular formula is C19H22N2O2. The Hall–Kier alpha value is -1.91. The van der Waals surface area contributed by atoms with Crippen LogP contribution in [0.1, 0.15) is 29.7 Å². The second-order valence-corrected chi connectivity index (χ2v) is 6.84. The number of aromatic nitrogens is 1. The third kappa shape index (κ3) is 2.84. The second kappa shape index (κ2) is 5.95. The molecule has 1 fully saturated rings. The highest BCUT2D eigenvalue weighted by molar-refractivity contribution is 5.19. The van der Waals surface area contributed by atoms with Crippen molar-refractivity contribution in [2.75, 3.05) is 19.6 Å². The van der Waals surface area contributed by atoms with Crippen molar-refractivity contribution >= 4 is 0 Å². The number of pyridine rings is 1. The van der Waals surface area contributed by atoms with Gasteiger partial charge in [-0.15, -0.1) is 0 Å². The SMILES string of the molecule is O=c1cccc2n1CC1CC2CN(CC(O)c2ccccc2)C1. The number of hydrogen-bond acceptors (Lipinski definition) is 3. The van der Waals surface area contributed by atoms with Crippen LogP contribution in [-0.2, 0) is 6.54 Å². The number of hydrogen-bond donors (Lipinski definition) is 1. The fourth-order valence-corrected chi connectivity index (χ4v) is 4.17. The van der Waals surface area contributed by atoms with Gasteiger partial charge in [0, 0.05) is 43.9 Å². The van der Waals surface area contributed by atoms with Crippen molar-refractivity contribution in [2.24, 2.45) is 5.92 Å². The highest BCUT2D eigenvalue weighted by Gasteiger charge is 2.34. The summed E-state index contributed by atoms with van der Waals surface area (Å²) in [7, 11) is 0. The number of nitrogens with zero attached hydrogens (tertiary/aromatic N) is 2. The van der Waals surface area contributed by atoms with E-state index < -0.39 is 6.10 Å². The maximum atomic E-state index is 12.0. The summed E-state index contributed by atoms with van der Waals surface area (Å²) < 4.78 is 1.95. The zero-order valence-corrected chi connectivity index (χ0v) is 13.1. The van der Waals surface area contributed by atoms with E-state index in [1.165, 1.54) is 0 Å². The summed E-state index contributed by atoms with van der Waals surface area (Å²) in [6.45, 7) is 3.35. The van der Waals surface area contributed by atoms with Gasteiger partial charge in [0.2, 0.25) is 0 Å². The van der Waals surface area contributed by atoms with Crippen LogP contribution in [0.5, 0.6) is 0 Å². The van der Waals surface area contributed by atoms with E-state index in [4.69, 9.17) is 0 Å². The molecule has 0 amide bonds. The first-order chi connectivity index (χ1) is 11.2. The van der Waals surface area contributed by atoms with Crippen LogP contribution in [0.3, 0.4) is 0 Å². The largest absolute Gasteiger partial charge is 0.387 e. The molecule has 3 heterocycles. The summed E-state index contributed by atoms with van der Waals surface area (Å²) in [4.78, 5) is 14.4. The van der Waals surface area contributed by atoms with Crippen LogP contribution in [0.2, 0.25) is 0 Å². The van der Waals surface area contributed by atoms with Gasteiger partial charge in [0.15, 0.2) is 0 Å². The topological polar surface area (TPSA) is 45.5 Å². The van der Waals surface area contributed by atoms with Gasteiger partial charge >= 0.3 is 0 Å². The molecule has 2 aliphatic rings. The Bertz CT molecular complexity index is 741. The minimum absolute atomic E-state index is 0.120. The molecule has 2 aromatic rings. The van der Waals surface area contributed by atoms with Gasteiger partial charge in [-0.1, -0.05) is 36.4 Å². The Morgan fingerprint density at radius 1 is 1.04 bits per heavy atom. The number of aliphatic hydroxyl groups excluding tert-OH is 1. The first-order valence-corrected chi connectivity index (χ1v) is 8.36. The van der Waals surface area contributed by atoms with Crippen LogP contribution in [0.15, 0.2) is 53.3 Å². The molecule has 1 saturated heterocycles. The van der Waals surface area contributed by atoms with E-state index in [1.807, 2.05) is 41.0 Å². The van der Waals surface area contributed by atoms with Gasteiger partial charge in [-0.3, -0.25) is 9.69 Å². The van der Waals surface area contributed by atoms with Crippen molar-refractivity contribution in [1.29, 1.82) is 0 Å². The Morgan fingerprint density at radius 2 is 1.87 bits per heavy atom. The van der Waals surface area contributed by atoms with Crippen LogP contribution < -0.4 is 5.56 Å². The lowest BCUT2D eigenvalue weighted by Gasteiger charge is -2.43. The summed E-state index contributed by atoms with van der Waals surface area (Å²) in [6, 6.07) is 15.5. The number of benzene rings is 1. The first kappa shape index (κ1) is 14.7. The van der Waals surface area contributed by atoms with Crippen LogP contribution in [0, 0.1) is 5.92 Å². The molecule has 4 heteroatoms. The molecule has 1 aromatic carbocycles. The van der Waals surface area contributed by atoms with Gasteiger partial charge in [-0.25, -0.2) is 0 Å². The molecule has 2 bridgehead atoms. The number of rotatable bonds is 3. The summed E-state index contributed by atoms with van der Waals surface area (Å²) in [5.74, 6) is 0.906. The zero-order chi connectivity index (χ0) is 15.8. The molecule has 0 aliphatic carbocycles. The fraction of sp³-hybridized carbons (Fsp3) is 0.421. The standard InChI is InChI=1S/C19H22N2O2/c22-18(15-5-2-1-3-6-15)13-20-10-14-9-16(12-20)17-7-4-8-19(23)21(17)11-14/h1-8,14,16,18,22H,9-13H2. The third-order valence-electron chi connectivity index (χ3n) is 5.17. The lowest BCUT2D eigenvalue weighted by molar-refractivity contribution is 0.0621. The van der Waals surface area contributed by atoms with E-state index in [0.29, 0.717) is 18.4 Å². The monoisotopic (exact) mass is 310 g/mol. The fourth-order valence-electron chi connectivity index (χ4n) is 4.17. The maximum Gasteiger partial charge on any atom is 0.250 e. The molecule has 4 rings (SSSR count). The van der Waals surface area contributed by atoms with Gasteiger partial charge in [-0.05, 0) is 24.0 Å². The Labute approximate surface area is 136 Å². The normalized spacial score (nSPS) is 24.9. The molecule has 1 aromatic heterocycles. The van der Waals surface area contributed by atoms with Crippen molar-refractivity contribution in [2.45, 2.75) is 25.0 Å². The smallest absolute Gasteiger partial charge is 0.250 e. The van der Waals surface area contributed by atoms with E-state index in [1.54, 1.807) is 6.07 Å². The van der Waals surface area contributed by atoms with Crippen molar-refractivity contribution in [3.63, 3.8) is 0 Å². The third-order valence-corrected chi connectivity index (χ3v) is 5.17. The Morgan fingerprint density at radius 3 is 2.70 bits per heavy atom. The summed E-state index contributed by atoms with van der Waals surface area (Å²) >= 11 is 0. The highest BCUT2D eigenvalue weighted by atomic mass is 16.3. The molecule has 0 radical (unpaired) electrons. The predicted molar refractivity (Wildman–Crippen MR) is 89.4 cm³/mol. The van der Waals surface area contributed by atoms with Crippen molar-refractivity contribution in [3.8, 4) is 0 Å². The quantitative estimate of drug-likeness (QED) is 0.943. The highest BCUT2D eigenvalue weighted by Crippen LogP contribution is 2.35. The molecule has 3 atom stereocenters. The number of β-amino-alcohol motifs (C(OH)–C–C–N with tert-alkyl or cyclic N) is 1. The van der Waals surface area contributed by atoms with Crippen LogP contribution in [-0.4, -0.2) is 34.2 Å². The van der Waals surface area contributed by atoms with Gasteiger partial charge in [-0.2, -0.15) is 0 Å². The predicted octanol–water partition coefficient (Wildman–Crippen LogP) is 2.00. The van der Waals surface area contributed by atoms with E-state index in [-0.39, 0.29) is 5.56 Å².